The minimum absolute atomic E-state index is 0.893. The summed E-state index contributed by atoms with van der Waals surface area (Å²) < 4.78 is 0. The molecule has 0 radical (unpaired) electrons. The van der Waals surface area contributed by atoms with Gasteiger partial charge in [-0.15, -0.1) is 0 Å². The summed E-state index contributed by atoms with van der Waals surface area (Å²) in [7, 11) is 0. The van der Waals surface area contributed by atoms with Crippen molar-refractivity contribution >= 4 is 0 Å². The maximum atomic E-state index is 2.76. The molecule has 2 nitrogen and oxygen atoms in total. The van der Waals surface area contributed by atoms with Crippen LogP contribution in [0, 0.1) is 6.92 Å². The Morgan fingerprint density at radius 1 is 1.00 bits per heavy atom. The van der Waals surface area contributed by atoms with Crippen LogP contribution in [0.3, 0.4) is 0 Å². The lowest BCUT2D eigenvalue weighted by Gasteiger charge is -2.40. The van der Waals surface area contributed by atoms with Crippen molar-refractivity contribution in [3.63, 3.8) is 0 Å². The predicted molar refractivity (Wildman–Crippen MR) is 84.9 cm³/mol. The minimum Gasteiger partial charge on any atom is -0.298 e. The van der Waals surface area contributed by atoms with Crippen LogP contribution < -0.4 is 0 Å². The van der Waals surface area contributed by atoms with E-state index in [1.54, 1.807) is 0 Å². The van der Waals surface area contributed by atoms with Gasteiger partial charge in [-0.05, 0) is 25.3 Å². The zero-order chi connectivity index (χ0) is 13.8. The summed E-state index contributed by atoms with van der Waals surface area (Å²) in [4.78, 5) is 5.38. The van der Waals surface area contributed by atoms with Crippen LogP contribution >= 0.6 is 0 Å². The van der Waals surface area contributed by atoms with E-state index >= 15 is 0 Å². The predicted octanol–water partition coefficient (Wildman–Crippen LogP) is 3.45. The summed E-state index contributed by atoms with van der Waals surface area (Å²) in [6.45, 7) is 8.34. The average Bonchev–Trinajstić information content (AvgIpc) is 2.49. The molecule has 1 saturated heterocycles. The fourth-order valence-electron chi connectivity index (χ4n) is 3.80. The SMILES string of the molecule is Cc1cccc(CN2CCN(C3CCCCC3)CC2)c1. The Labute approximate surface area is 123 Å². The highest BCUT2D eigenvalue weighted by Crippen LogP contribution is 2.23. The number of aryl methyl sites for hydroxylation is 1. The van der Waals surface area contributed by atoms with Crippen LogP contribution in [0.2, 0.25) is 0 Å². The van der Waals surface area contributed by atoms with Gasteiger partial charge in [0, 0.05) is 38.8 Å². The first-order chi connectivity index (χ1) is 9.81. The molecular weight excluding hydrogens is 244 g/mol. The van der Waals surface area contributed by atoms with Gasteiger partial charge in [-0.3, -0.25) is 9.80 Å². The Morgan fingerprint density at radius 2 is 1.75 bits per heavy atom. The second-order valence-corrected chi connectivity index (χ2v) is 6.59. The molecule has 2 fully saturated rings. The second kappa shape index (κ2) is 6.73. The molecule has 1 aliphatic carbocycles. The topological polar surface area (TPSA) is 6.48 Å². The number of hydrogen-bond acceptors (Lipinski definition) is 2. The summed E-state index contributed by atoms with van der Waals surface area (Å²) >= 11 is 0. The van der Waals surface area contributed by atoms with E-state index in [1.165, 1.54) is 69.4 Å². The number of hydrogen-bond donors (Lipinski definition) is 0. The Morgan fingerprint density at radius 3 is 2.45 bits per heavy atom. The molecule has 0 amide bonds. The van der Waals surface area contributed by atoms with Gasteiger partial charge in [-0.25, -0.2) is 0 Å². The van der Waals surface area contributed by atoms with Gasteiger partial charge < -0.3 is 0 Å². The van der Waals surface area contributed by atoms with Gasteiger partial charge in [0.2, 0.25) is 0 Å². The molecule has 0 bridgehead atoms. The van der Waals surface area contributed by atoms with Gasteiger partial charge in [0.05, 0.1) is 0 Å². The monoisotopic (exact) mass is 272 g/mol. The lowest BCUT2D eigenvalue weighted by Crippen LogP contribution is -2.50. The summed E-state index contributed by atoms with van der Waals surface area (Å²) in [5.41, 5.74) is 2.85. The normalized spacial score (nSPS) is 23.1. The molecule has 0 spiro atoms. The van der Waals surface area contributed by atoms with Crippen LogP contribution in [0.5, 0.6) is 0 Å². The van der Waals surface area contributed by atoms with E-state index in [2.05, 4.69) is 41.0 Å². The molecule has 0 aromatic heterocycles. The van der Waals surface area contributed by atoms with Crippen molar-refractivity contribution in [2.24, 2.45) is 0 Å². The quantitative estimate of drug-likeness (QED) is 0.831. The summed E-state index contributed by atoms with van der Waals surface area (Å²) in [5, 5.41) is 0. The highest BCUT2D eigenvalue weighted by molar-refractivity contribution is 5.22. The Kier molecular flexibility index (Phi) is 4.74. The van der Waals surface area contributed by atoms with E-state index < -0.39 is 0 Å². The van der Waals surface area contributed by atoms with Crippen LogP contribution in [-0.4, -0.2) is 42.0 Å². The zero-order valence-corrected chi connectivity index (χ0v) is 12.9. The summed E-state index contributed by atoms with van der Waals surface area (Å²) in [6.07, 6.45) is 7.25. The van der Waals surface area contributed by atoms with Crippen LogP contribution in [0.1, 0.15) is 43.2 Å². The molecule has 2 aliphatic rings. The van der Waals surface area contributed by atoms with E-state index in [1.807, 2.05) is 0 Å². The third kappa shape index (κ3) is 3.62. The zero-order valence-electron chi connectivity index (χ0n) is 12.9. The molecular formula is C18H28N2. The molecule has 3 rings (SSSR count). The molecule has 0 atom stereocenters. The van der Waals surface area contributed by atoms with Gasteiger partial charge in [-0.2, -0.15) is 0 Å². The van der Waals surface area contributed by atoms with Gasteiger partial charge in [-0.1, -0.05) is 49.1 Å². The first-order valence-electron chi connectivity index (χ1n) is 8.33. The van der Waals surface area contributed by atoms with Crippen molar-refractivity contribution in [1.29, 1.82) is 0 Å². The van der Waals surface area contributed by atoms with Crippen molar-refractivity contribution in [3.05, 3.63) is 35.4 Å². The van der Waals surface area contributed by atoms with Crippen LogP contribution in [0.25, 0.3) is 0 Å². The number of nitrogens with zero attached hydrogens (tertiary/aromatic N) is 2. The van der Waals surface area contributed by atoms with E-state index in [0.717, 1.165) is 12.6 Å². The minimum atomic E-state index is 0.893. The summed E-state index contributed by atoms with van der Waals surface area (Å²) in [6, 6.07) is 9.85. The lowest BCUT2D eigenvalue weighted by molar-refractivity contribution is 0.0755. The fraction of sp³-hybridized carbons (Fsp3) is 0.667. The molecule has 1 aliphatic heterocycles. The summed E-state index contributed by atoms with van der Waals surface area (Å²) in [5.74, 6) is 0. The van der Waals surface area contributed by atoms with Gasteiger partial charge in [0.15, 0.2) is 0 Å². The maximum Gasteiger partial charge on any atom is 0.0234 e. The van der Waals surface area contributed by atoms with E-state index in [-0.39, 0.29) is 0 Å². The lowest BCUT2D eigenvalue weighted by atomic mass is 9.94. The molecule has 1 saturated carbocycles. The van der Waals surface area contributed by atoms with Crippen LogP contribution in [-0.2, 0) is 6.54 Å². The van der Waals surface area contributed by atoms with Gasteiger partial charge >= 0.3 is 0 Å². The Balaban J connectivity index is 1.48. The van der Waals surface area contributed by atoms with E-state index in [0.29, 0.717) is 0 Å². The first-order valence-corrected chi connectivity index (χ1v) is 8.33. The standard InChI is InChI=1S/C18H28N2/c1-16-6-5-7-17(14-16)15-19-10-12-20(13-11-19)18-8-3-2-4-9-18/h5-7,14,18H,2-4,8-13,15H2,1H3. The molecule has 1 aromatic carbocycles. The average molecular weight is 272 g/mol. The third-order valence-electron chi connectivity index (χ3n) is 4.99. The fourth-order valence-corrected chi connectivity index (χ4v) is 3.80. The van der Waals surface area contributed by atoms with Crippen molar-refractivity contribution in [3.8, 4) is 0 Å². The van der Waals surface area contributed by atoms with Crippen molar-refractivity contribution in [1.82, 2.24) is 9.80 Å². The number of rotatable bonds is 3. The van der Waals surface area contributed by atoms with Crippen molar-refractivity contribution < 1.29 is 0 Å². The van der Waals surface area contributed by atoms with Gasteiger partial charge in [0.25, 0.3) is 0 Å². The molecule has 0 unspecified atom stereocenters. The molecule has 1 heterocycles. The number of benzene rings is 1. The van der Waals surface area contributed by atoms with Crippen LogP contribution in [0.4, 0.5) is 0 Å². The largest absolute Gasteiger partial charge is 0.298 e. The first kappa shape index (κ1) is 14.1. The molecule has 1 aromatic rings. The maximum absolute atomic E-state index is 2.76. The molecule has 2 heteroatoms. The smallest absolute Gasteiger partial charge is 0.0234 e. The molecule has 110 valence electrons. The van der Waals surface area contributed by atoms with Gasteiger partial charge in [0.1, 0.15) is 0 Å². The molecule has 0 N–H and O–H groups in total. The number of piperazine rings is 1. The Hall–Kier alpha value is -0.860. The highest BCUT2D eigenvalue weighted by Gasteiger charge is 2.24. The van der Waals surface area contributed by atoms with Crippen molar-refractivity contribution in [2.45, 2.75) is 51.6 Å². The third-order valence-corrected chi connectivity index (χ3v) is 4.99. The molecule has 20 heavy (non-hydrogen) atoms. The highest BCUT2D eigenvalue weighted by atomic mass is 15.3. The Bertz CT molecular complexity index is 415. The van der Waals surface area contributed by atoms with E-state index in [9.17, 15) is 0 Å². The van der Waals surface area contributed by atoms with Crippen molar-refractivity contribution in [2.75, 3.05) is 26.2 Å². The second-order valence-electron chi connectivity index (χ2n) is 6.59. The van der Waals surface area contributed by atoms with E-state index in [4.69, 9.17) is 0 Å². The van der Waals surface area contributed by atoms with Crippen LogP contribution in [0.15, 0.2) is 24.3 Å².